The summed E-state index contributed by atoms with van der Waals surface area (Å²) in [6.45, 7) is 1.09. The Bertz CT molecular complexity index is 443. The van der Waals surface area contributed by atoms with E-state index in [1.54, 1.807) is 12.1 Å². The van der Waals surface area contributed by atoms with Crippen molar-refractivity contribution in [2.24, 2.45) is 0 Å². The highest BCUT2D eigenvalue weighted by Gasteiger charge is 2.19. The maximum atomic E-state index is 11.8. The van der Waals surface area contributed by atoms with Crippen LogP contribution in [0.4, 0.5) is 5.69 Å². The van der Waals surface area contributed by atoms with Crippen LogP contribution in [-0.4, -0.2) is 56.1 Å². The van der Waals surface area contributed by atoms with Crippen LogP contribution < -0.4 is 10.2 Å². The maximum Gasteiger partial charge on any atom is 0.316 e. The van der Waals surface area contributed by atoms with Gasteiger partial charge in [0.2, 0.25) is 0 Å². The first-order valence-corrected chi connectivity index (χ1v) is 5.91. The summed E-state index contributed by atoms with van der Waals surface area (Å²) in [5, 5.41) is 11.7. The number of aromatic hydroxyl groups is 1. The first-order valence-electron chi connectivity index (χ1n) is 5.91. The fourth-order valence-electron chi connectivity index (χ4n) is 1.41. The van der Waals surface area contributed by atoms with Gasteiger partial charge in [-0.05, 0) is 38.4 Å². The van der Waals surface area contributed by atoms with Crippen LogP contribution in [-0.2, 0) is 9.59 Å². The fourth-order valence-corrected chi connectivity index (χ4v) is 1.41. The molecule has 1 aromatic carbocycles. The molecule has 0 radical (unpaired) electrons. The van der Waals surface area contributed by atoms with Crippen LogP contribution in [0.2, 0.25) is 0 Å². The van der Waals surface area contributed by atoms with Gasteiger partial charge in [-0.15, -0.1) is 0 Å². The predicted molar refractivity (Wildman–Crippen MR) is 73.1 cm³/mol. The summed E-state index contributed by atoms with van der Waals surface area (Å²) < 4.78 is 0. The molecule has 0 bridgehead atoms. The number of benzene rings is 1. The number of hydrogen-bond acceptors (Lipinski definition) is 4. The van der Waals surface area contributed by atoms with E-state index in [0.29, 0.717) is 18.8 Å². The third-order valence-electron chi connectivity index (χ3n) is 2.58. The first kappa shape index (κ1) is 15.0. The molecule has 0 unspecified atom stereocenters. The van der Waals surface area contributed by atoms with E-state index in [1.807, 2.05) is 19.0 Å². The molecular weight excluding hydrogens is 246 g/mol. The molecule has 2 N–H and O–H groups in total. The third-order valence-corrected chi connectivity index (χ3v) is 2.58. The minimum Gasteiger partial charge on any atom is -0.508 e. The van der Waals surface area contributed by atoms with Crippen molar-refractivity contribution >= 4 is 17.5 Å². The quantitative estimate of drug-likeness (QED) is 0.754. The topological polar surface area (TPSA) is 72.9 Å². The zero-order valence-corrected chi connectivity index (χ0v) is 11.4. The number of phenols is 1. The van der Waals surface area contributed by atoms with Crippen LogP contribution in [0.25, 0.3) is 0 Å². The van der Waals surface area contributed by atoms with Gasteiger partial charge in [0.15, 0.2) is 0 Å². The Morgan fingerprint density at radius 2 is 1.74 bits per heavy atom. The highest BCUT2D eigenvalue weighted by molar-refractivity contribution is 6.40. The van der Waals surface area contributed by atoms with Gasteiger partial charge < -0.3 is 20.2 Å². The summed E-state index contributed by atoms with van der Waals surface area (Å²) in [6.07, 6.45) is 0. The van der Waals surface area contributed by atoms with E-state index in [4.69, 9.17) is 5.11 Å². The van der Waals surface area contributed by atoms with Crippen LogP contribution in [0.3, 0.4) is 0 Å². The second-order valence-corrected chi connectivity index (χ2v) is 4.44. The molecule has 0 heterocycles. The number of rotatable bonds is 4. The minimum atomic E-state index is -0.641. The van der Waals surface area contributed by atoms with Crippen molar-refractivity contribution in [2.45, 2.75) is 0 Å². The molecule has 2 amide bonds. The Labute approximate surface area is 112 Å². The van der Waals surface area contributed by atoms with E-state index in [-0.39, 0.29) is 5.75 Å². The first-order chi connectivity index (χ1) is 8.91. The minimum absolute atomic E-state index is 0.111. The molecule has 1 rings (SSSR count). The highest BCUT2D eigenvalue weighted by atomic mass is 16.3. The van der Waals surface area contributed by atoms with Crippen molar-refractivity contribution in [3.05, 3.63) is 24.3 Å². The lowest BCUT2D eigenvalue weighted by Crippen LogP contribution is -2.43. The summed E-state index contributed by atoms with van der Waals surface area (Å²) in [6, 6.07) is 6.06. The molecule has 0 saturated heterocycles. The normalized spacial score (nSPS) is 10.3. The Kier molecular flexibility index (Phi) is 5.32. The van der Waals surface area contributed by atoms with Crippen molar-refractivity contribution in [3.63, 3.8) is 0 Å². The zero-order valence-electron chi connectivity index (χ0n) is 11.4. The van der Waals surface area contributed by atoms with Gasteiger partial charge in [0.1, 0.15) is 5.75 Å². The van der Waals surface area contributed by atoms with E-state index in [2.05, 4.69) is 5.32 Å². The van der Waals surface area contributed by atoms with Crippen LogP contribution in [0.1, 0.15) is 0 Å². The lowest BCUT2D eigenvalue weighted by Gasteiger charge is -2.17. The van der Waals surface area contributed by atoms with E-state index < -0.39 is 11.8 Å². The number of carbonyl (C=O) groups is 2. The molecule has 0 fully saturated rings. The second kappa shape index (κ2) is 6.75. The largest absolute Gasteiger partial charge is 0.508 e. The highest BCUT2D eigenvalue weighted by Crippen LogP contribution is 2.17. The number of nitrogens with one attached hydrogen (secondary N) is 1. The molecule has 104 valence electrons. The smallest absolute Gasteiger partial charge is 0.316 e. The summed E-state index contributed by atoms with van der Waals surface area (Å²) in [5.74, 6) is -1.16. The van der Waals surface area contributed by atoms with Gasteiger partial charge in [-0.25, -0.2) is 0 Å². The number of hydrogen-bond donors (Lipinski definition) is 2. The van der Waals surface area contributed by atoms with Crippen molar-refractivity contribution in [1.29, 1.82) is 0 Å². The Balaban J connectivity index is 2.56. The Morgan fingerprint density at radius 3 is 2.26 bits per heavy atom. The lowest BCUT2D eigenvalue weighted by atomic mass is 10.3. The molecule has 0 aromatic heterocycles. The van der Waals surface area contributed by atoms with E-state index in [1.165, 1.54) is 24.1 Å². The van der Waals surface area contributed by atoms with Crippen LogP contribution >= 0.6 is 0 Å². The van der Waals surface area contributed by atoms with Gasteiger partial charge in [0.25, 0.3) is 0 Å². The van der Waals surface area contributed by atoms with Crippen LogP contribution in [0, 0.1) is 0 Å². The van der Waals surface area contributed by atoms with E-state index in [9.17, 15) is 9.59 Å². The van der Waals surface area contributed by atoms with Gasteiger partial charge in [-0.1, -0.05) is 0 Å². The number of anilines is 1. The average Bonchev–Trinajstić information content (AvgIpc) is 2.37. The van der Waals surface area contributed by atoms with E-state index in [0.717, 1.165) is 0 Å². The molecule has 0 aliphatic carbocycles. The van der Waals surface area contributed by atoms with Gasteiger partial charge >= 0.3 is 11.8 Å². The monoisotopic (exact) mass is 265 g/mol. The van der Waals surface area contributed by atoms with Crippen LogP contribution in [0.15, 0.2) is 24.3 Å². The summed E-state index contributed by atoms with van der Waals surface area (Å²) in [7, 11) is 5.29. The number of carbonyl (C=O) groups excluding carboxylic acids is 2. The number of phenolic OH excluding ortho intramolecular Hbond substituents is 1. The van der Waals surface area contributed by atoms with E-state index >= 15 is 0 Å². The van der Waals surface area contributed by atoms with Crippen molar-refractivity contribution in [2.75, 3.05) is 39.1 Å². The number of nitrogens with zero attached hydrogens (tertiary/aromatic N) is 2. The van der Waals surface area contributed by atoms with Crippen molar-refractivity contribution < 1.29 is 14.7 Å². The fraction of sp³-hybridized carbons (Fsp3) is 0.385. The van der Waals surface area contributed by atoms with Gasteiger partial charge in [0, 0.05) is 25.8 Å². The average molecular weight is 265 g/mol. The third kappa shape index (κ3) is 4.59. The molecule has 6 heteroatoms. The van der Waals surface area contributed by atoms with Crippen LogP contribution in [0.5, 0.6) is 5.75 Å². The molecule has 19 heavy (non-hydrogen) atoms. The van der Waals surface area contributed by atoms with Gasteiger partial charge in [-0.3, -0.25) is 9.59 Å². The van der Waals surface area contributed by atoms with Gasteiger partial charge in [0.05, 0.1) is 0 Å². The maximum absolute atomic E-state index is 11.8. The number of likely N-dealkylation sites (N-methyl/N-ethyl adjacent to an activating group) is 2. The van der Waals surface area contributed by atoms with Crippen molar-refractivity contribution in [3.8, 4) is 5.75 Å². The Hall–Kier alpha value is -2.08. The number of amides is 2. The van der Waals surface area contributed by atoms with Crippen molar-refractivity contribution in [1.82, 2.24) is 10.2 Å². The predicted octanol–water partition coefficient (Wildman–Crippen LogP) is 0.0328. The summed E-state index contributed by atoms with van der Waals surface area (Å²) >= 11 is 0. The molecule has 0 saturated carbocycles. The molecule has 6 nitrogen and oxygen atoms in total. The lowest BCUT2D eigenvalue weighted by molar-refractivity contribution is -0.137. The zero-order chi connectivity index (χ0) is 14.4. The standard InChI is InChI=1S/C13H19N3O3/c1-15(2)9-8-14-12(18)13(19)16(3)10-4-6-11(17)7-5-10/h4-7,17H,8-9H2,1-3H3,(H,14,18). The molecule has 0 spiro atoms. The molecule has 0 aliphatic rings. The van der Waals surface area contributed by atoms with Gasteiger partial charge in [-0.2, -0.15) is 0 Å². The Morgan fingerprint density at radius 1 is 1.16 bits per heavy atom. The summed E-state index contributed by atoms with van der Waals surface area (Å²) in [4.78, 5) is 26.6. The molecule has 0 atom stereocenters. The molecule has 1 aromatic rings. The SMILES string of the molecule is CN(C)CCNC(=O)C(=O)N(C)c1ccc(O)cc1. The molecular formula is C13H19N3O3. The second-order valence-electron chi connectivity index (χ2n) is 4.44. The summed E-state index contributed by atoms with van der Waals surface area (Å²) in [5.41, 5.74) is 0.547. The molecule has 0 aliphatic heterocycles.